The maximum absolute atomic E-state index is 13.8. The standard InChI is InChI=1S/C20H32FN3O2/c1-14(6-8-20(2,3)4)24-19(22-5)23-9-7-15-10-17(21)11-16-12-25-13-26-18(15)16/h10-11,14H,6-9,12-13H2,1-5H3,(H2,22,23,24). The van der Waals surface area contributed by atoms with Crippen molar-refractivity contribution in [3.63, 3.8) is 0 Å². The van der Waals surface area contributed by atoms with Gasteiger partial charge in [-0.05, 0) is 49.3 Å². The van der Waals surface area contributed by atoms with E-state index in [1.165, 1.54) is 12.1 Å². The summed E-state index contributed by atoms with van der Waals surface area (Å²) in [5.74, 6) is 1.26. The molecule has 1 aromatic carbocycles. The molecule has 0 saturated carbocycles. The maximum Gasteiger partial charge on any atom is 0.191 e. The lowest BCUT2D eigenvalue weighted by molar-refractivity contribution is -0.0172. The van der Waals surface area contributed by atoms with Gasteiger partial charge >= 0.3 is 0 Å². The summed E-state index contributed by atoms with van der Waals surface area (Å²) in [7, 11) is 1.76. The first-order chi connectivity index (χ1) is 12.3. The van der Waals surface area contributed by atoms with Crippen LogP contribution in [0, 0.1) is 11.2 Å². The SMILES string of the molecule is CN=C(NCCc1cc(F)cc2c1OCOC2)NC(C)CCC(C)(C)C. The summed E-state index contributed by atoms with van der Waals surface area (Å²) in [5.41, 5.74) is 1.95. The smallest absolute Gasteiger partial charge is 0.191 e. The van der Waals surface area contributed by atoms with Gasteiger partial charge in [-0.15, -0.1) is 0 Å². The monoisotopic (exact) mass is 365 g/mol. The average Bonchev–Trinajstić information content (AvgIpc) is 2.58. The second kappa shape index (κ2) is 9.21. The lowest BCUT2D eigenvalue weighted by Gasteiger charge is -2.23. The third kappa shape index (κ3) is 6.48. The molecule has 1 aliphatic rings. The van der Waals surface area contributed by atoms with Crippen LogP contribution in [0.3, 0.4) is 0 Å². The molecule has 1 unspecified atom stereocenters. The fraction of sp³-hybridized carbons (Fsp3) is 0.650. The number of hydrogen-bond donors (Lipinski definition) is 2. The van der Waals surface area contributed by atoms with Gasteiger partial charge in [0.25, 0.3) is 0 Å². The fourth-order valence-electron chi connectivity index (χ4n) is 2.91. The molecule has 1 aliphatic heterocycles. The summed E-state index contributed by atoms with van der Waals surface area (Å²) >= 11 is 0. The lowest BCUT2D eigenvalue weighted by atomic mass is 9.89. The Morgan fingerprint density at radius 1 is 1.35 bits per heavy atom. The van der Waals surface area contributed by atoms with Gasteiger partial charge in [0.2, 0.25) is 0 Å². The molecular formula is C20H32FN3O2. The van der Waals surface area contributed by atoms with E-state index < -0.39 is 0 Å². The van der Waals surface area contributed by atoms with E-state index in [2.05, 4.69) is 43.3 Å². The molecule has 26 heavy (non-hydrogen) atoms. The van der Waals surface area contributed by atoms with Gasteiger partial charge in [-0.1, -0.05) is 20.8 Å². The Kier molecular flexibility index (Phi) is 7.26. The highest BCUT2D eigenvalue weighted by Gasteiger charge is 2.17. The minimum Gasteiger partial charge on any atom is -0.467 e. The van der Waals surface area contributed by atoms with Crippen LogP contribution in [0.15, 0.2) is 17.1 Å². The van der Waals surface area contributed by atoms with Crippen molar-refractivity contribution in [1.29, 1.82) is 0 Å². The van der Waals surface area contributed by atoms with Crippen molar-refractivity contribution < 1.29 is 13.9 Å². The Labute approximate surface area is 156 Å². The topological polar surface area (TPSA) is 54.9 Å². The van der Waals surface area contributed by atoms with Crippen LogP contribution in [0.1, 0.15) is 51.7 Å². The van der Waals surface area contributed by atoms with Crippen LogP contribution < -0.4 is 15.4 Å². The molecule has 0 fully saturated rings. The van der Waals surface area contributed by atoms with Crippen molar-refractivity contribution in [3.05, 3.63) is 29.1 Å². The number of fused-ring (bicyclic) bond motifs is 1. The first-order valence-corrected chi connectivity index (χ1v) is 9.27. The molecule has 0 saturated heterocycles. The van der Waals surface area contributed by atoms with E-state index in [4.69, 9.17) is 9.47 Å². The number of hydrogen-bond acceptors (Lipinski definition) is 3. The number of aliphatic imine (C=N–C) groups is 1. The molecule has 5 nitrogen and oxygen atoms in total. The van der Waals surface area contributed by atoms with Gasteiger partial charge in [0.05, 0.1) is 6.61 Å². The molecule has 2 N–H and O–H groups in total. The Bertz CT molecular complexity index is 626. The third-order valence-corrected chi connectivity index (χ3v) is 4.37. The van der Waals surface area contributed by atoms with Crippen LogP contribution in [0.5, 0.6) is 5.75 Å². The summed E-state index contributed by atoms with van der Waals surface area (Å²) in [6.45, 7) is 10.2. The van der Waals surface area contributed by atoms with E-state index in [0.29, 0.717) is 31.0 Å². The molecule has 0 amide bonds. The quantitative estimate of drug-likeness (QED) is 0.597. The Hall–Kier alpha value is -1.82. The minimum atomic E-state index is -0.258. The first kappa shape index (κ1) is 20.5. The number of rotatable bonds is 6. The summed E-state index contributed by atoms with van der Waals surface area (Å²) in [4.78, 5) is 4.28. The van der Waals surface area contributed by atoms with E-state index in [9.17, 15) is 4.39 Å². The second-order valence-corrected chi connectivity index (χ2v) is 8.06. The number of nitrogens with one attached hydrogen (secondary N) is 2. The number of halogens is 1. The second-order valence-electron chi connectivity index (χ2n) is 8.06. The molecule has 1 aromatic rings. The van der Waals surface area contributed by atoms with Crippen molar-refractivity contribution in [2.24, 2.45) is 10.4 Å². The molecular weight excluding hydrogens is 333 g/mol. The fourth-order valence-corrected chi connectivity index (χ4v) is 2.91. The van der Waals surface area contributed by atoms with Gasteiger partial charge in [-0.3, -0.25) is 4.99 Å². The molecule has 0 bridgehead atoms. The van der Waals surface area contributed by atoms with Crippen molar-refractivity contribution in [2.75, 3.05) is 20.4 Å². The molecule has 146 valence electrons. The predicted molar refractivity (Wildman–Crippen MR) is 103 cm³/mol. The molecule has 1 heterocycles. The van der Waals surface area contributed by atoms with E-state index in [1.807, 2.05) is 0 Å². The molecule has 0 aliphatic carbocycles. The Balaban J connectivity index is 1.85. The van der Waals surface area contributed by atoms with E-state index in [0.717, 1.165) is 35.7 Å². The average molecular weight is 365 g/mol. The van der Waals surface area contributed by atoms with Crippen LogP contribution in [0.4, 0.5) is 4.39 Å². The molecule has 6 heteroatoms. The lowest BCUT2D eigenvalue weighted by Crippen LogP contribution is -2.43. The van der Waals surface area contributed by atoms with Gasteiger partial charge in [0.15, 0.2) is 12.8 Å². The van der Waals surface area contributed by atoms with Gasteiger partial charge < -0.3 is 20.1 Å². The predicted octanol–water partition coefficient (Wildman–Crippen LogP) is 3.61. The normalized spacial score (nSPS) is 15.8. The number of nitrogens with zero attached hydrogens (tertiary/aromatic N) is 1. The van der Waals surface area contributed by atoms with Crippen molar-refractivity contribution in [3.8, 4) is 5.75 Å². The zero-order chi connectivity index (χ0) is 19.2. The summed E-state index contributed by atoms with van der Waals surface area (Å²) in [5, 5.41) is 6.71. The molecule has 0 radical (unpaired) electrons. The Morgan fingerprint density at radius 3 is 2.81 bits per heavy atom. The first-order valence-electron chi connectivity index (χ1n) is 9.27. The van der Waals surface area contributed by atoms with Gasteiger partial charge in [0, 0.05) is 25.2 Å². The minimum absolute atomic E-state index is 0.216. The van der Waals surface area contributed by atoms with Gasteiger partial charge in [-0.2, -0.15) is 0 Å². The van der Waals surface area contributed by atoms with Crippen LogP contribution in [-0.4, -0.2) is 32.4 Å². The molecule has 0 spiro atoms. The number of guanidine groups is 1. The third-order valence-electron chi connectivity index (χ3n) is 4.37. The van der Waals surface area contributed by atoms with Crippen molar-refractivity contribution in [2.45, 2.75) is 59.6 Å². The van der Waals surface area contributed by atoms with Gasteiger partial charge in [-0.25, -0.2) is 4.39 Å². The highest BCUT2D eigenvalue weighted by Crippen LogP contribution is 2.29. The van der Waals surface area contributed by atoms with Crippen LogP contribution in [0.25, 0.3) is 0 Å². The van der Waals surface area contributed by atoms with Gasteiger partial charge in [0.1, 0.15) is 11.6 Å². The summed E-state index contributed by atoms with van der Waals surface area (Å²) in [6.07, 6.45) is 2.87. The van der Waals surface area contributed by atoms with E-state index in [1.54, 1.807) is 7.05 Å². The van der Waals surface area contributed by atoms with Crippen molar-refractivity contribution >= 4 is 5.96 Å². The highest BCUT2D eigenvalue weighted by molar-refractivity contribution is 5.79. The largest absolute Gasteiger partial charge is 0.467 e. The zero-order valence-corrected chi connectivity index (χ0v) is 16.6. The molecule has 1 atom stereocenters. The van der Waals surface area contributed by atoms with Crippen molar-refractivity contribution in [1.82, 2.24) is 10.6 Å². The highest BCUT2D eigenvalue weighted by atomic mass is 19.1. The number of benzene rings is 1. The summed E-state index contributed by atoms with van der Waals surface area (Å²) < 4.78 is 24.6. The zero-order valence-electron chi connectivity index (χ0n) is 16.6. The maximum atomic E-state index is 13.8. The number of ether oxygens (including phenoxy) is 2. The summed E-state index contributed by atoms with van der Waals surface area (Å²) in [6, 6.07) is 3.35. The van der Waals surface area contributed by atoms with Crippen LogP contribution in [0.2, 0.25) is 0 Å². The van der Waals surface area contributed by atoms with E-state index in [-0.39, 0.29) is 12.6 Å². The van der Waals surface area contributed by atoms with E-state index >= 15 is 0 Å². The van der Waals surface area contributed by atoms with Crippen LogP contribution >= 0.6 is 0 Å². The molecule has 0 aromatic heterocycles. The Morgan fingerprint density at radius 2 is 2.12 bits per heavy atom. The molecule has 2 rings (SSSR count). The van der Waals surface area contributed by atoms with Crippen LogP contribution in [-0.2, 0) is 17.8 Å².